The van der Waals surface area contributed by atoms with E-state index < -0.39 is 0 Å². The van der Waals surface area contributed by atoms with Gasteiger partial charge in [-0.05, 0) is 12.1 Å². The first kappa shape index (κ1) is 13.4. The molecule has 24 heavy (non-hydrogen) atoms. The van der Waals surface area contributed by atoms with Crippen LogP contribution < -0.4 is 0 Å². The van der Waals surface area contributed by atoms with Gasteiger partial charge < -0.3 is 9.13 Å². The molecule has 0 aliphatic carbocycles. The van der Waals surface area contributed by atoms with Gasteiger partial charge >= 0.3 is 0 Å². The smallest absolute Gasteiger partial charge is 0.157 e. The Morgan fingerprint density at radius 3 is 2.17 bits per heavy atom. The fourth-order valence-corrected chi connectivity index (χ4v) is 3.57. The molecule has 4 aromatic rings. The van der Waals surface area contributed by atoms with Crippen LogP contribution in [0.15, 0.2) is 79.0 Å². The first-order chi connectivity index (χ1) is 11.9. The van der Waals surface area contributed by atoms with Crippen LogP contribution in [0.4, 0.5) is 0 Å². The van der Waals surface area contributed by atoms with Gasteiger partial charge in [-0.1, -0.05) is 60.7 Å². The number of hydrogen-bond donors (Lipinski definition) is 0. The molecule has 3 nitrogen and oxygen atoms in total. The summed E-state index contributed by atoms with van der Waals surface area (Å²) < 4.78 is 4.65. The highest BCUT2D eigenvalue weighted by Crippen LogP contribution is 2.37. The molecule has 0 bridgehead atoms. The van der Waals surface area contributed by atoms with Crippen LogP contribution in [-0.4, -0.2) is 14.1 Å². The Kier molecular flexibility index (Phi) is 2.92. The Balaban J connectivity index is 1.82. The Bertz CT molecular complexity index is 994. The number of hydrogen-bond acceptors (Lipinski definition) is 1. The molecule has 0 spiro atoms. The molecule has 3 heterocycles. The number of rotatable bonds is 2. The summed E-state index contributed by atoms with van der Waals surface area (Å²) in [4.78, 5) is 5.05. The van der Waals surface area contributed by atoms with Crippen molar-refractivity contribution in [2.75, 3.05) is 0 Å². The lowest BCUT2D eigenvalue weighted by Gasteiger charge is -2.20. The Morgan fingerprint density at radius 2 is 1.42 bits per heavy atom. The Hall–Kier alpha value is -3.07. The van der Waals surface area contributed by atoms with E-state index in [4.69, 9.17) is 4.98 Å². The second kappa shape index (κ2) is 5.24. The van der Waals surface area contributed by atoms with E-state index in [-0.39, 0.29) is 0 Å². The van der Waals surface area contributed by atoms with Crippen LogP contribution in [-0.2, 0) is 13.1 Å². The largest absolute Gasteiger partial charge is 0.343 e. The molecule has 0 unspecified atom stereocenters. The number of aromatic nitrogens is 3. The summed E-state index contributed by atoms with van der Waals surface area (Å²) in [7, 11) is 0. The normalized spacial score (nSPS) is 12.7. The summed E-state index contributed by atoms with van der Waals surface area (Å²) in [5.74, 6) is 1.06. The monoisotopic (exact) mass is 311 g/mol. The van der Waals surface area contributed by atoms with Crippen LogP contribution in [0.2, 0.25) is 0 Å². The van der Waals surface area contributed by atoms with Gasteiger partial charge in [0, 0.05) is 30.4 Å². The first-order valence-corrected chi connectivity index (χ1v) is 8.29. The molecule has 116 valence electrons. The summed E-state index contributed by atoms with van der Waals surface area (Å²) in [6.45, 7) is 1.93. The minimum atomic E-state index is 0.946. The van der Waals surface area contributed by atoms with Crippen molar-refractivity contribution in [2.45, 2.75) is 13.1 Å². The van der Waals surface area contributed by atoms with Crippen molar-refractivity contribution in [1.29, 1.82) is 0 Å². The highest BCUT2D eigenvalue weighted by molar-refractivity contribution is 5.82. The van der Waals surface area contributed by atoms with Crippen LogP contribution in [0.25, 0.3) is 34.0 Å². The lowest BCUT2D eigenvalue weighted by molar-refractivity contribution is 0.560. The van der Waals surface area contributed by atoms with E-state index in [1.807, 2.05) is 6.07 Å². The zero-order valence-corrected chi connectivity index (χ0v) is 13.3. The third-order valence-corrected chi connectivity index (χ3v) is 4.69. The molecular weight excluding hydrogens is 294 g/mol. The van der Waals surface area contributed by atoms with E-state index in [1.165, 1.54) is 17.0 Å². The van der Waals surface area contributed by atoms with Gasteiger partial charge in [-0.3, -0.25) is 0 Å². The Labute approximate surface area is 140 Å². The third kappa shape index (κ3) is 1.95. The van der Waals surface area contributed by atoms with Gasteiger partial charge in [0.25, 0.3) is 0 Å². The predicted octanol–water partition coefficient (Wildman–Crippen LogP) is 4.70. The van der Waals surface area contributed by atoms with Crippen molar-refractivity contribution >= 4 is 0 Å². The summed E-state index contributed by atoms with van der Waals surface area (Å²) in [6.07, 6.45) is 2.14. The van der Waals surface area contributed by atoms with Gasteiger partial charge in [0.1, 0.15) is 0 Å². The van der Waals surface area contributed by atoms with Gasteiger partial charge in [0.15, 0.2) is 5.82 Å². The molecule has 0 fully saturated rings. The van der Waals surface area contributed by atoms with Crippen LogP contribution in [0.1, 0.15) is 0 Å². The highest BCUT2D eigenvalue weighted by atomic mass is 15.2. The molecule has 3 heteroatoms. The van der Waals surface area contributed by atoms with E-state index in [2.05, 4.69) is 82.1 Å². The lowest BCUT2D eigenvalue weighted by Crippen LogP contribution is -2.16. The van der Waals surface area contributed by atoms with Crippen LogP contribution in [0, 0.1) is 0 Å². The number of imidazole rings is 1. The van der Waals surface area contributed by atoms with E-state index in [0.29, 0.717) is 0 Å². The minimum Gasteiger partial charge on any atom is -0.343 e. The van der Waals surface area contributed by atoms with Gasteiger partial charge in [-0.15, -0.1) is 0 Å². The number of aryl methyl sites for hydroxylation is 1. The van der Waals surface area contributed by atoms with Gasteiger partial charge in [-0.2, -0.15) is 0 Å². The van der Waals surface area contributed by atoms with Crippen molar-refractivity contribution in [2.24, 2.45) is 0 Å². The van der Waals surface area contributed by atoms with Gasteiger partial charge in [0.2, 0.25) is 0 Å². The molecule has 0 radical (unpaired) electrons. The van der Waals surface area contributed by atoms with Crippen molar-refractivity contribution in [3.8, 4) is 34.0 Å². The minimum absolute atomic E-state index is 0.946. The van der Waals surface area contributed by atoms with E-state index in [0.717, 1.165) is 30.2 Å². The van der Waals surface area contributed by atoms with Crippen molar-refractivity contribution < 1.29 is 0 Å². The number of benzene rings is 2. The zero-order valence-electron chi connectivity index (χ0n) is 13.3. The zero-order chi connectivity index (χ0) is 15.9. The second-order valence-electron chi connectivity index (χ2n) is 6.10. The molecule has 1 aliphatic heterocycles. The number of nitrogens with zero attached hydrogens (tertiary/aromatic N) is 3. The maximum absolute atomic E-state index is 5.05. The van der Waals surface area contributed by atoms with Gasteiger partial charge in [0.05, 0.1) is 17.1 Å². The van der Waals surface area contributed by atoms with Gasteiger partial charge in [-0.25, -0.2) is 4.98 Å². The van der Waals surface area contributed by atoms with Crippen molar-refractivity contribution in [1.82, 2.24) is 14.1 Å². The lowest BCUT2D eigenvalue weighted by atomic mass is 10.0. The van der Waals surface area contributed by atoms with E-state index in [1.54, 1.807) is 0 Å². The quantitative estimate of drug-likeness (QED) is 0.526. The average Bonchev–Trinajstić information content (AvgIpc) is 3.27. The topological polar surface area (TPSA) is 22.8 Å². The summed E-state index contributed by atoms with van der Waals surface area (Å²) in [6, 6.07) is 25.3. The van der Waals surface area contributed by atoms with Crippen molar-refractivity contribution in [3.63, 3.8) is 0 Å². The molecule has 0 N–H and O–H groups in total. The molecule has 0 atom stereocenters. The molecule has 0 amide bonds. The van der Waals surface area contributed by atoms with Crippen LogP contribution in [0.5, 0.6) is 0 Å². The first-order valence-electron chi connectivity index (χ1n) is 8.29. The maximum Gasteiger partial charge on any atom is 0.157 e. The van der Waals surface area contributed by atoms with Crippen LogP contribution in [0.3, 0.4) is 0 Å². The SMILES string of the molecule is c1ccc(-c2nc3n(c2-c2ccccc2)CCn2cccc2-3)cc1. The molecule has 1 aliphatic rings. The van der Waals surface area contributed by atoms with E-state index >= 15 is 0 Å². The molecule has 0 saturated heterocycles. The summed E-state index contributed by atoms with van der Waals surface area (Å²) >= 11 is 0. The molecule has 5 rings (SSSR count). The van der Waals surface area contributed by atoms with Crippen molar-refractivity contribution in [3.05, 3.63) is 79.0 Å². The predicted molar refractivity (Wildman–Crippen MR) is 96.5 cm³/mol. The number of fused-ring (bicyclic) bond motifs is 3. The van der Waals surface area contributed by atoms with E-state index in [9.17, 15) is 0 Å². The fraction of sp³-hybridized carbons (Fsp3) is 0.0952. The average molecular weight is 311 g/mol. The second-order valence-corrected chi connectivity index (χ2v) is 6.10. The fourth-order valence-electron chi connectivity index (χ4n) is 3.57. The standard InChI is InChI=1S/C21H17N3/c1-3-8-16(9-4-1)19-20(17-10-5-2-6-11-17)24-15-14-23-13-7-12-18(23)21(24)22-19/h1-13H,14-15H2. The summed E-state index contributed by atoms with van der Waals surface area (Å²) in [5.41, 5.74) is 5.85. The molecule has 2 aromatic carbocycles. The Morgan fingerprint density at radius 1 is 0.708 bits per heavy atom. The third-order valence-electron chi connectivity index (χ3n) is 4.69. The molecule has 2 aromatic heterocycles. The molecule has 0 saturated carbocycles. The highest BCUT2D eigenvalue weighted by Gasteiger charge is 2.24. The maximum atomic E-state index is 5.05. The van der Waals surface area contributed by atoms with Crippen LogP contribution >= 0.6 is 0 Å². The summed E-state index contributed by atoms with van der Waals surface area (Å²) in [5, 5.41) is 0. The molecular formula is C21H17N3.